The van der Waals surface area contributed by atoms with Crippen LogP contribution in [0.3, 0.4) is 0 Å². The largest absolute Gasteiger partial charge is 0.342 e. The molecule has 1 fully saturated rings. The maximum absolute atomic E-state index is 12.8. The summed E-state index contributed by atoms with van der Waals surface area (Å²) in [6.45, 7) is 3.03. The van der Waals surface area contributed by atoms with E-state index >= 15 is 0 Å². The van der Waals surface area contributed by atoms with E-state index in [1.807, 2.05) is 4.90 Å². The predicted octanol–water partition coefficient (Wildman–Crippen LogP) is 1.64. The molecule has 4 rings (SSSR count). The molecule has 0 aliphatic carbocycles. The molecule has 9 nitrogen and oxygen atoms in total. The molecule has 0 radical (unpaired) electrons. The van der Waals surface area contributed by atoms with Gasteiger partial charge in [0.05, 0.1) is 11.5 Å². The van der Waals surface area contributed by atoms with Crippen LogP contribution >= 0.6 is 0 Å². The molecule has 0 bridgehead atoms. The number of Topliss-reactive ketones (excluding diaryl/α,β-unsaturated/α-hetero) is 1. The summed E-state index contributed by atoms with van der Waals surface area (Å²) in [5.74, 6) is -1.32. The van der Waals surface area contributed by atoms with Crippen molar-refractivity contribution in [3.63, 3.8) is 0 Å². The summed E-state index contributed by atoms with van der Waals surface area (Å²) in [7, 11) is 0. The Hall–Kier alpha value is -3.49. The highest BCUT2D eigenvalue weighted by molar-refractivity contribution is 6.04. The molecule has 1 saturated heterocycles. The lowest BCUT2D eigenvalue weighted by Gasteiger charge is -2.25. The van der Waals surface area contributed by atoms with Gasteiger partial charge in [0.25, 0.3) is 5.56 Å². The Morgan fingerprint density at radius 1 is 1.14 bits per heavy atom. The van der Waals surface area contributed by atoms with Crippen LogP contribution in [0.5, 0.6) is 0 Å². The molecule has 2 aromatic rings. The number of ketones is 1. The van der Waals surface area contributed by atoms with Gasteiger partial charge in [-0.3, -0.25) is 24.2 Å². The molecule has 1 atom stereocenters. The molecule has 3 N–H and O–H groups in total. The van der Waals surface area contributed by atoms with Gasteiger partial charge in [0.15, 0.2) is 5.78 Å². The number of aromatic nitrogens is 2. The van der Waals surface area contributed by atoms with E-state index in [4.69, 9.17) is 0 Å². The highest BCUT2D eigenvalue weighted by atomic mass is 16.2. The number of nitrogens with one attached hydrogen (secondary N) is 3. The summed E-state index contributed by atoms with van der Waals surface area (Å²) in [6, 6.07) is 6.43. The van der Waals surface area contributed by atoms with Gasteiger partial charge in [0.2, 0.25) is 17.8 Å². The Balaban J connectivity index is 1.61. The van der Waals surface area contributed by atoms with Crippen molar-refractivity contribution < 1.29 is 14.4 Å². The third-order valence-electron chi connectivity index (χ3n) is 5.22. The Kier molecular flexibility index (Phi) is 4.87. The quantitative estimate of drug-likeness (QED) is 0.676. The SMILES string of the molecule is CC(=O)c1ccc(NC(=O)[C@H]2CC(=O)Nc3nc(N4CCCC4)[nH]c(=O)c32)cc1. The molecule has 2 aliphatic heterocycles. The number of carbonyl (C=O) groups is 3. The van der Waals surface area contributed by atoms with Crippen molar-refractivity contribution in [3.8, 4) is 0 Å². The fourth-order valence-corrected chi connectivity index (χ4v) is 3.68. The summed E-state index contributed by atoms with van der Waals surface area (Å²) in [5.41, 5.74) is 0.737. The van der Waals surface area contributed by atoms with Gasteiger partial charge in [-0.1, -0.05) is 0 Å². The zero-order valence-corrected chi connectivity index (χ0v) is 15.9. The Labute approximate surface area is 166 Å². The second-order valence-electron chi connectivity index (χ2n) is 7.27. The lowest BCUT2D eigenvalue weighted by molar-refractivity contribution is -0.123. The second-order valence-corrected chi connectivity index (χ2v) is 7.27. The lowest BCUT2D eigenvalue weighted by Crippen LogP contribution is -2.37. The fraction of sp³-hybridized carbons (Fsp3) is 0.350. The van der Waals surface area contributed by atoms with Gasteiger partial charge in [-0.2, -0.15) is 4.98 Å². The van der Waals surface area contributed by atoms with E-state index in [-0.39, 0.29) is 29.5 Å². The van der Waals surface area contributed by atoms with Crippen LogP contribution in [0.15, 0.2) is 29.1 Å². The molecule has 29 heavy (non-hydrogen) atoms. The maximum atomic E-state index is 12.8. The van der Waals surface area contributed by atoms with Gasteiger partial charge < -0.3 is 15.5 Å². The number of fused-ring (bicyclic) bond motifs is 1. The molecule has 9 heteroatoms. The number of amides is 2. The van der Waals surface area contributed by atoms with Gasteiger partial charge >= 0.3 is 0 Å². The minimum atomic E-state index is -0.949. The smallest absolute Gasteiger partial charge is 0.258 e. The average Bonchev–Trinajstić information content (AvgIpc) is 3.22. The van der Waals surface area contributed by atoms with E-state index in [1.54, 1.807) is 24.3 Å². The van der Waals surface area contributed by atoms with Gasteiger partial charge in [-0.05, 0) is 44.0 Å². The molecule has 1 aromatic heterocycles. The van der Waals surface area contributed by atoms with Crippen molar-refractivity contribution in [1.29, 1.82) is 0 Å². The highest BCUT2D eigenvalue weighted by Gasteiger charge is 2.35. The number of hydrogen-bond donors (Lipinski definition) is 3. The number of benzene rings is 1. The van der Waals surface area contributed by atoms with Crippen LogP contribution in [0, 0.1) is 0 Å². The molecule has 0 saturated carbocycles. The van der Waals surface area contributed by atoms with Crippen molar-refractivity contribution in [2.24, 2.45) is 0 Å². The van der Waals surface area contributed by atoms with E-state index in [2.05, 4.69) is 20.6 Å². The number of anilines is 3. The zero-order valence-electron chi connectivity index (χ0n) is 15.9. The lowest BCUT2D eigenvalue weighted by atomic mass is 9.92. The normalized spacial score (nSPS) is 18.2. The van der Waals surface area contributed by atoms with Crippen molar-refractivity contribution >= 4 is 35.1 Å². The average molecular weight is 395 g/mol. The summed E-state index contributed by atoms with van der Waals surface area (Å²) in [6.07, 6.45) is 1.89. The summed E-state index contributed by atoms with van der Waals surface area (Å²) >= 11 is 0. The summed E-state index contributed by atoms with van der Waals surface area (Å²) < 4.78 is 0. The molecule has 0 spiro atoms. The topological polar surface area (TPSA) is 124 Å². The first-order chi connectivity index (χ1) is 13.9. The van der Waals surface area contributed by atoms with E-state index in [0.717, 1.165) is 25.9 Å². The minimum Gasteiger partial charge on any atom is -0.342 e. The molecule has 2 amide bonds. The van der Waals surface area contributed by atoms with E-state index < -0.39 is 17.4 Å². The van der Waals surface area contributed by atoms with Crippen LogP contribution in [0.4, 0.5) is 17.5 Å². The molecule has 0 unspecified atom stereocenters. The Morgan fingerprint density at radius 3 is 2.48 bits per heavy atom. The van der Waals surface area contributed by atoms with Crippen molar-refractivity contribution in [1.82, 2.24) is 9.97 Å². The molecular formula is C20H21N5O4. The molecule has 2 aliphatic rings. The number of aromatic amines is 1. The summed E-state index contributed by atoms with van der Waals surface area (Å²) in [5, 5.41) is 5.33. The van der Waals surface area contributed by atoms with Crippen molar-refractivity contribution in [2.75, 3.05) is 28.6 Å². The van der Waals surface area contributed by atoms with E-state index in [9.17, 15) is 19.2 Å². The minimum absolute atomic E-state index is 0.0767. The monoisotopic (exact) mass is 395 g/mol. The number of nitrogens with zero attached hydrogens (tertiary/aromatic N) is 2. The van der Waals surface area contributed by atoms with Crippen LogP contribution in [0.25, 0.3) is 0 Å². The Morgan fingerprint density at radius 2 is 1.83 bits per heavy atom. The number of rotatable bonds is 4. The van der Waals surface area contributed by atoms with Crippen LogP contribution < -0.4 is 21.1 Å². The standard InChI is InChI=1S/C20H21N5O4/c1-11(26)12-4-6-13(7-5-12)21-18(28)14-10-15(27)22-17-16(14)19(29)24-20(23-17)25-8-2-3-9-25/h4-7,14H,2-3,8-10H2,1H3,(H,21,28)(H2,22,23,24,27,29)/t14-/m0/s1. The maximum Gasteiger partial charge on any atom is 0.258 e. The zero-order chi connectivity index (χ0) is 20.5. The van der Waals surface area contributed by atoms with Gasteiger partial charge in [-0.15, -0.1) is 0 Å². The van der Waals surface area contributed by atoms with E-state index in [0.29, 0.717) is 17.2 Å². The van der Waals surface area contributed by atoms with Crippen molar-refractivity contribution in [2.45, 2.75) is 32.1 Å². The third-order valence-corrected chi connectivity index (χ3v) is 5.22. The van der Waals surface area contributed by atoms with Crippen molar-refractivity contribution in [3.05, 3.63) is 45.7 Å². The first-order valence-electron chi connectivity index (χ1n) is 9.53. The molecule has 3 heterocycles. The molecule has 150 valence electrons. The summed E-state index contributed by atoms with van der Waals surface area (Å²) in [4.78, 5) is 58.2. The first kappa shape index (κ1) is 18.9. The van der Waals surface area contributed by atoms with Crippen LogP contribution in [0.1, 0.15) is 48.0 Å². The van der Waals surface area contributed by atoms with E-state index in [1.165, 1.54) is 6.92 Å². The van der Waals surface area contributed by atoms with Crippen LogP contribution in [0.2, 0.25) is 0 Å². The highest BCUT2D eigenvalue weighted by Crippen LogP contribution is 2.30. The Bertz CT molecular complexity index is 1040. The third kappa shape index (κ3) is 3.75. The van der Waals surface area contributed by atoms with Gasteiger partial charge in [0.1, 0.15) is 5.82 Å². The number of hydrogen-bond acceptors (Lipinski definition) is 6. The fourth-order valence-electron chi connectivity index (χ4n) is 3.68. The van der Waals surface area contributed by atoms with Crippen LogP contribution in [-0.4, -0.2) is 40.7 Å². The molecule has 1 aromatic carbocycles. The van der Waals surface area contributed by atoms with Gasteiger partial charge in [-0.25, -0.2) is 0 Å². The molecular weight excluding hydrogens is 374 g/mol. The van der Waals surface area contributed by atoms with Gasteiger partial charge in [0, 0.05) is 30.8 Å². The van der Waals surface area contributed by atoms with Crippen LogP contribution in [-0.2, 0) is 9.59 Å². The number of carbonyl (C=O) groups excluding carboxylic acids is 3. The number of H-pyrrole nitrogens is 1. The predicted molar refractivity (Wildman–Crippen MR) is 107 cm³/mol. The first-order valence-corrected chi connectivity index (χ1v) is 9.53. The second kappa shape index (κ2) is 7.50.